The molecule has 3 aromatic rings. The van der Waals surface area contributed by atoms with Crippen LogP contribution in [0.3, 0.4) is 0 Å². The molecular formula is C27H35FN2. The lowest BCUT2D eigenvalue weighted by atomic mass is 9.94. The Bertz CT molecular complexity index is 1060. The van der Waals surface area contributed by atoms with E-state index in [1.807, 2.05) is 13.0 Å². The molecule has 2 unspecified atom stereocenters. The number of benzene rings is 2. The van der Waals surface area contributed by atoms with Gasteiger partial charge in [-0.25, -0.2) is 4.39 Å². The van der Waals surface area contributed by atoms with Crippen LogP contribution in [0.15, 0.2) is 43.0 Å². The molecule has 160 valence electrons. The molecule has 2 nitrogen and oxygen atoms in total. The van der Waals surface area contributed by atoms with E-state index in [2.05, 4.69) is 69.3 Å². The van der Waals surface area contributed by atoms with Crippen LogP contribution in [0.4, 0.5) is 10.1 Å². The molecule has 2 atom stereocenters. The van der Waals surface area contributed by atoms with Gasteiger partial charge in [0.05, 0.1) is 6.04 Å². The van der Waals surface area contributed by atoms with E-state index in [0.29, 0.717) is 5.92 Å². The van der Waals surface area contributed by atoms with Gasteiger partial charge in [-0.3, -0.25) is 0 Å². The predicted octanol–water partition coefficient (Wildman–Crippen LogP) is 7.90. The van der Waals surface area contributed by atoms with E-state index >= 15 is 0 Å². The number of anilines is 1. The lowest BCUT2D eigenvalue weighted by molar-refractivity contribution is 0.553. The highest BCUT2D eigenvalue weighted by Gasteiger charge is 2.23. The summed E-state index contributed by atoms with van der Waals surface area (Å²) in [7, 11) is 0. The number of allylic oxidation sites excluding steroid dienone is 1. The van der Waals surface area contributed by atoms with E-state index in [1.54, 1.807) is 6.07 Å². The van der Waals surface area contributed by atoms with Crippen molar-refractivity contribution in [2.45, 2.75) is 67.0 Å². The van der Waals surface area contributed by atoms with E-state index < -0.39 is 0 Å². The molecule has 0 aliphatic rings. The summed E-state index contributed by atoms with van der Waals surface area (Å²) in [5.74, 6) is 0.370. The number of nitrogens with zero attached hydrogens (tertiary/aromatic N) is 1. The van der Waals surface area contributed by atoms with Crippen LogP contribution in [0.5, 0.6) is 0 Å². The molecule has 0 fully saturated rings. The largest absolute Gasteiger partial charge is 0.376 e. The van der Waals surface area contributed by atoms with E-state index in [-0.39, 0.29) is 11.9 Å². The molecule has 1 N–H and O–H groups in total. The zero-order valence-electron chi connectivity index (χ0n) is 19.3. The van der Waals surface area contributed by atoms with E-state index in [1.165, 1.54) is 33.8 Å². The number of hydrogen-bond donors (Lipinski definition) is 1. The first-order valence-electron chi connectivity index (χ1n) is 11.1. The van der Waals surface area contributed by atoms with Crippen LogP contribution in [-0.2, 0) is 13.0 Å². The zero-order chi connectivity index (χ0) is 22.0. The van der Waals surface area contributed by atoms with Gasteiger partial charge in [0.2, 0.25) is 0 Å². The minimum atomic E-state index is -0.235. The summed E-state index contributed by atoms with van der Waals surface area (Å²) >= 11 is 0. The highest BCUT2D eigenvalue weighted by atomic mass is 19.1. The zero-order valence-corrected chi connectivity index (χ0v) is 19.3. The Hall–Kier alpha value is -2.55. The van der Waals surface area contributed by atoms with Gasteiger partial charge in [-0.2, -0.15) is 0 Å². The van der Waals surface area contributed by atoms with Crippen molar-refractivity contribution in [2.24, 2.45) is 5.92 Å². The van der Waals surface area contributed by atoms with Crippen molar-refractivity contribution >= 4 is 22.2 Å². The molecule has 30 heavy (non-hydrogen) atoms. The molecule has 0 saturated heterocycles. The maximum atomic E-state index is 14.0. The van der Waals surface area contributed by atoms with E-state index in [4.69, 9.17) is 0 Å². The molecule has 1 heterocycles. The summed E-state index contributed by atoms with van der Waals surface area (Å²) < 4.78 is 16.5. The van der Waals surface area contributed by atoms with Gasteiger partial charge < -0.3 is 9.88 Å². The Morgan fingerprint density at radius 1 is 1.13 bits per heavy atom. The Morgan fingerprint density at radius 2 is 1.87 bits per heavy atom. The fourth-order valence-electron chi connectivity index (χ4n) is 4.40. The highest BCUT2D eigenvalue weighted by molar-refractivity contribution is 5.87. The summed E-state index contributed by atoms with van der Waals surface area (Å²) in [6.07, 6.45) is 2.19. The van der Waals surface area contributed by atoms with Crippen LogP contribution in [0.25, 0.3) is 16.5 Å². The third-order valence-electron chi connectivity index (χ3n) is 6.16. The molecule has 3 heteroatoms. The summed E-state index contributed by atoms with van der Waals surface area (Å²) in [6.45, 7) is 18.0. The summed E-state index contributed by atoms with van der Waals surface area (Å²) in [5, 5.41) is 4.95. The van der Waals surface area contributed by atoms with Crippen LogP contribution in [0, 0.1) is 18.7 Å². The first kappa shape index (κ1) is 22.1. The molecule has 0 spiro atoms. The SMILES string of the molecule is C=C(C)c1ccc(F)cc1NC(C)c1c(CC(C)CC)c2ccc(C)cc2n1CC. The molecule has 3 rings (SSSR count). The van der Waals surface area contributed by atoms with Gasteiger partial charge >= 0.3 is 0 Å². The van der Waals surface area contributed by atoms with Gasteiger partial charge in [-0.05, 0) is 81.0 Å². The first-order chi connectivity index (χ1) is 14.3. The third-order valence-corrected chi connectivity index (χ3v) is 6.16. The second-order valence-electron chi connectivity index (χ2n) is 8.68. The topological polar surface area (TPSA) is 17.0 Å². The quantitative estimate of drug-likeness (QED) is 0.402. The van der Waals surface area contributed by atoms with Crippen molar-refractivity contribution in [1.82, 2.24) is 4.57 Å². The fourth-order valence-corrected chi connectivity index (χ4v) is 4.40. The number of rotatable bonds is 8. The van der Waals surface area contributed by atoms with Crippen LogP contribution in [0.2, 0.25) is 0 Å². The maximum absolute atomic E-state index is 14.0. The maximum Gasteiger partial charge on any atom is 0.125 e. The normalized spacial score (nSPS) is 13.4. The number of aryl methyl sites for hydroxylation is 2. The standard InChI is InChI=1S/C27H35FN2/c1-8-18(5)14-24-23-12-10-19(6)15-26(23)30(9-2)27(24)20(7)29-25-16-21(28)11-13-22(25)17(3)4/h10-13,15-16,18,20,29H,3,8-9,14H2,1-2,4-7H3. The molecule has 0 radical (unpaired) electrons. The second kappa shape index (κ2) is 9.07. The van der Waals surface area contributed by atoms with Crippen LogP contribution < -0.4 is 5.32 Å². The molecule has 2 aromatic carbocycles. The Morgan fingerprint density at radius 3 is 2.50 bits per heavy atom. The molecule has 1 aromatic heterocycles. The molecule has 0 aliphatic carbocycles. The second-order valence-corrected chi connectivity index (χ2v) is 8.68. The Balaban J connectivity index is 2.15. The van der Waals surface area contributed by atoms with Crippen molar-refractivity contribution in [2.75, 3.05) is 5.32 Å². The number of aromatic nitrogens is 1. The van der Waals surface area contributed by atoms with Gasteiger partial charge in [0, 0.05) is 34.4 Å². The lowest BCUT2D eigenvalue weighted by Crippen LogP contribution is -2.16. The lowest BCUT2D eigenvalue weighted by Gasteiger charge is -2.23. The van der Waals surface area contributed by atoms with Gasteiger partial charge in [0.25, 0.3) is 0 Å². The number of hydrogen-bond acceptors (Lipinski definition) is 1. The molecule has 0 amide bonds. The number of halogens is 1. The van der Waals surface area contributed by atoms with Gasteiger partial charge in [-0.15, -0.1) is 0 Å². The monoisotopic (exact) mass is 406 g/mol. The van der Waals surface area contributed by atoms with Gasteiger partial charge in [0.15, 0.2) is 0 Å². The Kier molecular flexibility index (Phi) is 6.70. The van der Waals surface area contributed by atoms with Crippen LogP contribution >= 0.6 is 0 Å². The van der Waals surface area contributed by atoms with E-state index in [9.17, 15) is 4.39 Å². The minimum Gasteiger partial charge on any atom is -0.376 e. The van der Waals surface area contributed by atoms with Crippen molar-refractivity contribution in [1.29, 1.82) is 0 Å². The van der Waals surface area contributed by atoms with Crippen LogP contribution in [-0.4, -0.2) is 4.57 Å². The van der Waals surface area contributed by atoms with Gasteiger partial charge in [0.1, 0.15) is 5.82 Å². The van der Waals surface area contributed by atoms with Gasteiger partial charge in [-0.1, -0.05) is 39.0 Å². The fraction of sp³-hybridized carbons (Fsp3) is 0.407. The summed E-state index contributed by atoms with van der Waals surface area (Å²) in [6, 6.07) is 11.7. The van der Waals surface area contributed by atoms with Crippen molar-refractivity contribution in [3.05, 3.63) is 71.2 Å². The van der Waals surface area contributed by atoms with Crippen molar-refractivity contribution in [3.63, 3.8) is 0 Å². The summed E-state index contributed by atoms with van der Waals surface area (Å²) in [4.78, 5) is 0. The predicted molar refractivity (Wildman–Crippen MR) is 129 cm³/mol. The minimum absolute atomic E-state index is 0.0385. The number of fused-ring (bicyclic) bond motifs is 1. The average Bonchev–Trinajstić information content (AvgIpc) is 3.00. The average molecular weight is 407 g/mol. The van der Waals surface area contributed by atoms with Crippen molar-refractivity contribution < 1.29 is 4.39 Å². The highest BCUT2D eigenvalue weighted by Crippen LogP contribution is 2.36. The Labute approximate surface area is 180 Å². The molecule has 0 saturated carbocycles. The molecule has 0 aliphatic heterocycles. The van der Waals surface area contributed by atoms with E-state index in [0.717, 1.165) is 36.2 Å². The first-order valence-corrected chi connectivity index (χ1v) is 11.1. The summed E-state index contributed by atoms with van der Waals surface area (Å²) in [5.41, 5.74) is 7.96. The van der Waals surface area contributed by atoms with Crippen molar-refractivity contribution in [3.8, 4) is 0 Å². The van der Waals surface area contributed by atoms with Crippen LogP contribution in [0.1, 0.15) is 69.5 Å². The third kappa shape index (κ3) is 4.30. The smallest absolute Gasteiger partial charge is 0.125 e. The molecule has 0 bridgehead atoms. The molecular weight excluding hydrogens is 371 g/mol. The number of nitrogens with one attached hydrogen (secondary N) is 1.